The van der Waals surface area contributed by atoms with Crippen LogP contribution in [0.15, 0.2) is 24.3 Å². The number of carboxylic acids is 1. The Morgan fingerprint density at radius 3 is 2.78 bits per heavy atom. The number of aromatic carboxylic acids is 1. The van der Waals surface area contributed by atoms with Crippen molar-refractivity contribution >= 4 is 16.8 Å². The molecule has 98 valence electrons. The van der Waals surface area contributed by atoms with Crippen LogP contribution in [0, 0.1) is 0 Å². The fourth-order valence-corrected chi connectivity index (χ4v) is 3.37. The van der Waals surface area contributed by atoms with Crippen LogP contribution in [0.5, 0.6) is 0 Å². The van der Waals surface area contributed by atoms with Gasteiger partial charge in [-0.05, 0) is 30.5 Å². The minimum atomic E-state index is -0.898. The van der Waals surface area contributed by atoms with Gasteiger partial charge < -0.3 is 10.4 Å². The second kappa shape index (κ2) is 6.11. The molecule has 2 N–H and O–H groups in total. The van der Waals surface area contributed by atoms with Gasteiger partial charge in [0.25, 0.3) is 0 Å². The molecular formula is C13H17NO3S. The third-order valence-electron chi connectivity index (χ3n) is 3.16. The van der Waals surface area contributed by atoms with Crippen LogP contribution >= 0.6 is 0 Å². The molecule has 2 rings (SSSR count). The molecule has 0 unspecified atom stereocenters. The summed E-state index contributed by atoms with van der Waals surface area (Å²) < 4.78 is 11.2. The Morgan fingerprint density at radius 1 is 1.39 bits per heavy atom. The number of carbonyl (C=O) groups is 1. The van der Waals surface area contributed by atoms with Gasteiger partial charge in [-0.3, -0.25) is 4.21 Å². The predicted octanol–water partition coefficient (Wildman–Crippen LogP) is 1.39. The highest BCUT2D eigenvalue weighted by atomic mass is 32.2. The van der Waals surface area contributed by atoms with E-state index in [0.29, 0.717) is 18.2 Å². The fourth-order valence-electron chi connectivity index (χ4n) is 2.07. The standard InChI is InChI=1S/C13H17NO3S/c15-13(16)11-3-1-2-10(8-11)9-14-12-4-6-18(17)7-5-12/h1-3,8,12,14H,4-7,9H2,(H,15,16). The van der Waals surface area contributed by atoms with Crippen molar-refractivity contribution in [3.63, 3.8) is 0 Å². The van der Waals surface area contributed by atoms with Crippen LogP contribution in [0.2, 0.25) is 0 Å². The van der Waals surface area contributed by atoms with Gasteiger partial charge in [-0.1, -0.05) is 12.1 Å². The lowest BCUT2D eigenvalue weighted by atomic mass is 10.1. The number of hydrogen-bond acceptors (Lipinski definition) is 3. The van der Waals surface area contributed by atoms with E-state index in [-0.39, 0.29) is 0 Å². The fraction of sp³-hybridized carbons (Fsp3) is 0.462. The number of nitrogens with one attached hydrogen (secondary N) is 1. The Hall–Kier alpha value is -1.20. The highest BCUT2D eigenvalue weighted by molar-refractivity contribution is 7.85. The first-order chi connectivity index (χ1) is 8.65. The lowest BCUT2D eigenvalue weighted by molar-refractivity contribution is 0.0696. The molecule has 0 aromatic heterocycles. The quantitative estimate of drug-likeness (QED) is 0.865. The van der Waals surface area contributed by atoms with E-state index in [1.54, 1.807) is 18.2 Å². The van der Waals surface area contributed by atoms with Gasteiger partial charge in [0, 0.05) is 34.9 Å². The molecule has 1 aliphatic rings. The summed E-state index contributed by atoms with van der Waals surface area (Å²) in [4.78, 5) is 10.8. The third kappa shape index (κ3) is 3.65. The predicted molar refractivity (Wildman–Crippen MR) is 71.1 cm³/mol. The second-order valence-electron chi connectivity index (χ2n) is 4.51. The lowest BCUT2D eigenvalue weighted by Gasteiger charge is -2.22. The Kier molecular flexibility index (Phi) is 4.49. The van der Waals surface area contributed by atoms with Crippen LogP contribution in [0.4, 0.5) is 0 Å². The van der Waals surface area contributed by atoms with Gasteiger partial charge >= 0.3 is 5.97 Å². The van der Waals surface area contributed by atoms with E-state index in [4.69, 9.17) is 5.11 Å². The Morgan fingerprint density at radius 2 is 2.11 bits per heavy atom. The molecule has 1 fully saturated rings. The molecule has 0 aliphatic carbocycles. The zero-order chi connectivity index (χ0) is 13.0. The van der Waals surface area contributed by atoms with Gasteiger partial charge in [0.05, 0.1) is 5.56 Å². The van der Waals surface area contributed by atoms with Gasteiger partial charge in [0.1, 0.15) is 0 Å². The summed E-state index contributed by atoms with van der Waals surface area (Å²) in [6, 6.07) is 7.36. The maximum atomic E-state index is 11.2. The number of carboxylic acid groups (broad SMARTS) is 1. The summed E-state index contributed by atoms with van der Waals surface area (Å²) in [6.45, 7) is 0.665. The van der Waals surface area contributed by atoms with Crippen LogP contribution in [0.25, 0.3) is 0 Å². The Labute approximate surface area is 109 Å². The molecule has 18 heavy (non-hydrogen) atoms. The van der Waals surface area contributed by atoms with Crippen LogP contribution in [-0.4, -0.2) is 32.8 Å². The molecule has 5 heteroatoms. The molecular weight excluding hydrogens is 250 g/mol. The molecule has 1 aromatic rings. The van der Waals surface area contributed by atoms with E-state index in [1.165, 1.54) is 0 Å². The summed E-state index contributed by atoms with van der Waals surface area (Å²) in [5.74, 6) is 0.643. The first-order valence-corrected chi connectivity index (χ1v) is 7.54. The topological polar surface area (TPSA) is 66.4 Å². The average Bonchev–Trinajstić information content (AvgIpc) is 2.38. The maximum Gasteiger partial charge on any atom is 0.335 e. The molecule has 0 amide bonds. The summed E-state index contributed by atoms with van der Waals surface area (Å²) in [6.07, 6.45) is 1.87. The van der Waals surface area contributed by atoms with Crippen LogP contribution in [-0.2, 0) is 17.3 Å². The first kappa shape index (κ1) is 13.2. The highest BCUT2D eigenvalue weighted by Gasteiger charge is 2.17. The van der Waals surface area contributed by atoms with Gasteiger partial charge in [0.2, 0.25) is 0 Å². The smallest absolute Gasteiger partial charge is 0.335 e. The van der Waals surface area contributed by atoms with Gasteiger partial charge in [0.15, 0.2) is 0 Å². The molecule has 1 aromatic carbocycles. The van der Waals surface area contributed by atoms with Crippen LogP contribution in [0.3, 0.4) is 0 Å². The van der Waals surface area contributed by atoms with E-state index >= 15 is 0 Å². The van der Waals surface area contributed by atoms with Crippen LogP contribution < -0.4 is 5.32 Å². The Bertz CT molecular complexity index is 451. The molecule has 0 radical (unpaired) electrons. The lowest BCUT2D eigenvalue weighted by Crippen LogP contribution is -2.35. The summed E-state index contributed by atoms with van der Waals surface area (Å²) >= 11 is 0. The van der Waals surface area contributed by atoms with E-state index in [2.05, 4.69) is 5.32 Å². The molecule has 1 aliphatic heterocycles. The van der Waals surface area contributed by atoms with Crippen molar-refractivity contribution in [3.8, 4) is 0 Å². The molecule has 0 saturated carbocycles. The highest BCUT2D eigenvalue weighted by Crippen LogP contribution is 2.11. The minimum absolute atomic E-state index is 0.319. The van der Waals surface area contributed by atoms with Crippen molar-refractivity contribution < 1.29 is 14.1 Å². The number of rotatable bonds is 4. The molecule has 1 saturated heterocycles. The Balaban J connectivity index is 1.88. The van der Waals surface area contributed by atoms with Crippen molar-refractivity contribution in [3.05, 3.63) is 35.4 Å². The molecule has 0 atom stereocenters. The average molecular weight is 267 g/mol. The van der Waals surface area contributed by atoms with E-state index in [0.717, 1.165) is 29.9 Å². The third-order valence-corrected chi connectivity index (χ3v) is 4.54. The molecule has 4 nitrogen and oxygen atoms in total. The molecule has 1 heterocycles. The summed E-state index contributed by atoms with van der Waals surface area (Å²) in [5, 5.41) is 12.3. The maximum absolute atomic E-state index is 11.2. The van der Waals surface area contributed by atoms with Crippen molar-refractivity contribution in [1.82, 2.24) is 5.32 Å². The SMILES string of the molecule is O=C(O)c1cccc(CNC2CCS(=O)CC2)c1. The number of benzene rings is 1. The summed E-state index contributed by atoms with van der Waals surface area (Å²) in [7, 11) is -0.637. The van der Waals surface area contributed by atoms with Crippen LogP contribution in [0.1, 0.15) is 28.8 Å². The summed E-state index contributed by atoms with van der Waals surface area (Å²) in [5.41, 5.74) is 1.29. The number of hydrogen-bond donors (Lipinski definition) is 2. The van der Waals surface area contributed by atoms with Crippen molar-refractivity contribution in [1.29, 1.82) is 0 Å². The zero-order valence-corrected chi connectivity index (χ0v) is 10.9. The largest absolute Gasteiger partial charge is 0.478 e. The van der Waals surface area contributed by atoms with Crippen molar-refractivity contribution in [2.24, 2.45) is 0 Å². The van der Waals surface area contributed by atoms with Gasteiger partial charge in [-0.25, -0.2) is 4.79 Å². The first-order valence-electron chi connectivity index (χ1n) is 6.06. The molecule has 0 bridgehead atoms. The second-order valence-corrected chi connectivity index (χ2v) is 6.20. The normalized spacial score (nSPS) is 23.8. The van der Waals surface area contributed by atoms with E-state index < -0.39 is 16.8 Å². The monoisotopic (exact) mass is 267 g/mol. The van der Waals surface area contributed by atoms with E-state index in [9.17, 15) is 9.00 Å². The zero-order valence-electron chi connectivity index (χ0n) is 10.1. The van der Waals surface area contributed by atoms with Crippen molar-refractivity contribution in [2.45, 2.75) is 25.4 Å². The molecule has 0 spiro atoms. The van der Waals surface area contributed by atoms with Crippen molar-refractivity contribution in [2.75, 3.05) is 11.5 Å². The van der Waals surface area contributed by atoms with Gasteiger partial charge in [-0.2, -0.15) is 0 Å². The van der Waals surface area contributed by atoms with E-state index in [1.807, 2.05) is 6.07 Å². The van der Waals surface area contributed by atoms with Gasteiger partial charge in [-0.15, -0.1) is 0 Å². The minimum Gasteiger partial charge on any atom is -0.478 e.